The van der Waals surface area contributed by atoms with Gasteiger partial charge in [0.15, 0.2) is 5.65 Å². The molecule has 1 aliphatic rings. The number of rotatable bonds is 10. The van der Waals surface area contributed by atoms with Crippen molar-refractivity contribution in [3.63, 3.8) is 0 Å². The number of aliphatic hydroxyl groups excluding tert-OH is 1. The van der Waals surface area contributed by atoms with Gasteiger partial charge in [0, 0.05) is 49.2 Å². The molecule has 12 heteroatoms. The Hall–Kier alpha value is -5.46. The van der Waals surface area contributed by atoms with Crippen molar-refractivity contribution in [2.45, 2.75) is 6.23 Å². The summed E-state index contributed by atoms with van der Waals surface area (Å²) < 4.78 is 12.5. The van der Waals surface area contributed by atoms with Crippen LogP contribution in [-0.4, -0.2) is 83.2 Å². The van der Waals surface area contributed by atoms with Crippen LogP contribution in [0.15, 0.2) is 90.4 Å². The monoisotopic (exact) mass is 620 g/mol. The number of hydrogen-bond donors (Lipinski definition) is 3. The number of benzene rings is 3. The SMILES string of the molecule is C=CC(O)Nc1cccc(-n2c(=O)c(-c3ccc(OC)cc3)nc3cnc(Nc4ccc(N5CCN(C)CC5)cc4OC)nc32)c1. The number of methoxy groups -OCH3 is 2. The summed E-state index contributed by atoms with van der Waals surface area (Å²) in [5.74, 6) is 1.57. The Labute approximate surface area is 266 Å². The molecule has 6 rings (SSSR count). The van der Waals surface area contributed by atoms with E-state index in [9.17, 15) is 9.90 Å². The van der Waals surface area contributed by atoms with E-state index in [1.165, 1.54) is 10.6 Å². The van der Waals surface area contributed by atoms with E-state index in [1.807, 2.05) is 18.2 Å². The predicted octanol–water partition coefficient (Wildman–Crippen LogP) is 4.27. The van der Waals surface area contributed by atoms with E-state index in [2.05, 4.69) is 39.0 Å². The molecule has 1 unspecified atom stereocenters. The second kappa shape index (κ2) is 13.3. The standard InChI is InChI=1S/C34H36N8O4/c1-5-30(43)36-23-7-6-8-25(19-23)42-32-28(37-31(33(42)44)22-9-12-26(45-3)13-10-22)21-35-34(39-32)38-27-14-11-24(20-29(27)46-4)41-17-15-40(2)16-18-41/h5-14,19-21,30,36,43H,1,15-18H2,2-4H3,(H,35,38,39). The molecule has 1 atom stereocenters. The van der Waals surface area contributed by atoms with Crippen molar-refractivity contribution in [3.05, 3.63) is 95.9 Å². The van der Waals surface area contributed by atoms with E-state index in [-0.39, 0.29) is 17.2 Å². The average molecular weight is 621 g/mol. The highest BCUT2D eigenvalue weighted by Gasteiger charge is 2.19. The van der Waals surface area contributed by atoms with E-state index in [4.69, 9.17) is 19.4 Å². The Balaban J connectivity index is 1.43. The number of hydrogen-bond acceptors (Lipinski definition) is 11. The number of nitrogens with one attached hydrogen (secondary N) is 2. The summed E-state index contributed by atoms with van der Waals surface area (Å²) in [6.45, 7) is 7.48. The summed E-state index contributed by atoms with van der Waals surface area (Å²) >= 11 is 0. The molecule has 12 nitrogen and oxygen atoms in total. The lowest BCUT2D eigenvalue weighted by molar-refractivity contribution is 0.253. The van der Waals surface area contributed by atoms with Crippen molar-refractivity contribution in [1.29, 1.82) is 0 Å². The number of nitrogens with zero attached hydrogens (tertiary/aromatic N) is 6. The van der Waals surface area contributed by atoms with Crippen molar-refractivity contribution in [1.82, 2.24) is 24.4 Å². The number of piperazine rings is 1. The molecule has 2 aromatic heterocycles. The number of aliphatic hydroxyl groups is 1. The minimum absolute atomic E-state index is 0.227. The van der Waals surface area contributed by atoms with Crippen LogP contribution in [0.5, 0.6) is 11.5 Å². The molecular weight excluding hydrogens is 584 g/mol. The molecule has 5 aromatic rings. The molecule has 1 saturated heterocycles. The first-order chi connectivity index (χ1) is 22.4. The van der Waals surface area contributed by atoms with E-state index in [0.29, 0.717) is 45.3 Å². The largest absolute Gasteiger partial charge is 0.497 e. The van der Waals surface area contributed by atoms with Crippen LogP contribution in [0.3, 0.4) is 0 Å². The summed E-state index contributed by atoms with van der Waals surface area (Å²) in [6.07, 6.45) is 1.99. The zero-order chi connectivity index (χ0) is 32.2. The number of likely N-dealkylation sites (N-methyl/N-ethyl adjacent to an activating group) is 1. The third-order valence-electron chi connectivity index (χ3n) is 7.91. The van der Waals surface area contributed by atoms with Crippen molar-refractivity contribution >= 4 is 34.2 Å². The van der Waals surface area contributed by atoms with Crippen molar-refractivity contribution < 1.29 is 14.6 Å². The fourth-order valence-corrected chi connectivity index (χ4v) is 5.35. The number of ether oxygens (including phenoxy) is 2. The lowest BCUT2D eigenvalue weighted by atomic mass is 10.1. The lowest BCUT2D eigenvalue weighted by Crippen LogP contribution is -2.44. The van der Waals surface area contributed by atoms with Crippen LogP contribution in [0.25, 0.3) is 28.1 Å². The maximum Gasteiger partial charge on any atom is 0.283 e. The molecule has 0 aliphatic carbocycles. The molecule has 3 heterocycles. The fourth-order valence-electron chi connectivity index (χ4n) is 5.35. The molecule has 0 radical (unpaired) electrons. The van der Waals surface area contributed by atoms with E-state index in [1.54, 1.807) is 68.9 Å². The van der Waals surface area contributed by atoms with Crippen LogP contribution in [0.1, 0.15) is 0 Å². The smallest absolute Gasteiger partial charge is 0.283 e. The van der Waals surface area contributed by atoms with Gasteiger partial charge in [-0.1, -0.05) is 12.6 Å². The second-order valence-electron chi connectivity index (χ2n) is 10.9. The maximum absolute atomic E-state index is 14.2. The van der Waals surface area contributed by atoms with Crippen LogP contribution >= 0.6 is 0 Å². The summed E-state index contributed by atoms with van der Waals surface area (Å²) in [5.41, 5.74) is 4.05. The summed E-state index contributed by atoms with van der Waals surface area (Å²) in [7, 11) is 5.34. The Kier molecular flexibility index (Phi) is 8.81. The Bertz CT molecular complexity index is 1920. The summed E-state index contributed by atoms with van der Waals surface area (Å²) in [6, 6.07) is 20.2. The van der Waals surface area contributed by atoms with E-state index < -0.39 is 6.23 Å². The number of aromatic nitrogens is 4. The first kappa shape index (κ1) is 30.6. The second-order valence-corrected chi connectivity index (χ2v) is 10.9. The maximum atomic E-state index is 14.2. The van der Waals surface area contributed by atoms with Gasteiger partial charge in [0.25, 0.3) is 5.56 Å². The third kappa shape index (κ3) is 6.34. The normalized spacial score (nSPS) is 14.1. The molecule has 0 saturated carbocycles. The third-order valence-corrected chi connectivity index (χ3v) is 7.91. The fraction of sp³-hybridized carbons (Fsp3) is 0.235. The van der Waals surface area contributed by atoms with E-state index >= 15 is 0 Å². The van der Waals surface area contributed by atoms with Crippen molar-refractivity contribution in [2.24, 2.45) is 0 Å². The predicted molar refractivity (Wildman–Crippen MR) is 181 cm³/mol. The van der Waals surface area contributed by atoms with Gasteiger partial charge in [-0.15, -0.1) is 0 Å². The Morgan fingerprint density at radius 2 is 1.74 bits per heavy atom. The molecule has 46 heavy (non-hydrogen) atoms. The molecule has 0 spiro atoms. The van der Waals surface area contributed by atoms with Crippen LogP contribution in [0, 0.1) is 0 Å². The average Bonchev–Trinajstić information content (AvgIpc) is 3.08. The van der Waals surface area contributed by atoms with Gasteiger partial charge in [-0.3, -0.25) is 9.36 Å². The number of anilines is 4. The first-order valence-corrected chi connectivity index (χ1v) is 14.9. The van der Waals surface area contributed by atoms with E-state index in [0.717, 1.165) is 31.9 Å². The van der Waals surface area contributed by atoms with Gasteiger partial charge in [0.05, 0.1) is 31.8 Å². The highest BCUT2D eigenvalue weighted by molar-refractivity contribution is 5.78. The van der Waals surface area contributed by atoms with Crippen LogP contribution < -0.4 is 30.6 Å². The van der Waals surface area contributed by atoms with Crippen LogP contribution in [-0.2, 0) is 0 Å². The van der Waals surface area contributed by atoms with Crippen molar-refractivity contribution in [3.8, 4) is 28.4 Å². The summed E-state index contributed by atoms with van der Waals surface area (Å²) in [4.78, 5) is 32.8. The zero-order valence-corrected chi connectivity index (χ0v) is 26.0. The van der Waals surface area contributed by atoms with Crippen LogP contribution in [0.2, 0.25) is 0 Å². The minimum Gasteiger partial charge on any atom is -0.497 e. The van der Waals surface area contributed by atoms with Gasteiger partial charge in [-0.2, -0.15) is 4.98 Å². The first-order valence-electron chi connectivity index (χ1n) is 14.9. The van der Waals surface area contributed by atoms with Crippen molar-refractivity contribution in [2.75, 3.05) is 63.0 Å². The van der Waals surface area contributed by atoms with Gasteiger partial charge in [-0.05, 0) is 67.7 Å². The molecule has 1 fully saturated rings. The topological polar surface area (TPSA) is 130 Å². The Morgan fingerprint density at radius 1 is 0.957 bits per heavy atom. The minimum atomic E-state index is -0.966. The number of fused-ring (bicyclic) bond motifs is 1. The molecule has 0 amide bonds. The molecule has 0 bridgehead atoms. The van der Waals surface area contributed by atoms with Gasteiger partial charge >= 0.3 is 0 Å². The van der Waals surface area contributed by atoms with Gasteiger partial charge < -0.3 is 35.0 Å². The molecule has 1 aliphatic heterocycles. The van der Waals surface area contributed by atoms with Gasteiger partial charge in [-0.25, -0.2) is 9.97 Å². The van der Waals surface area contributed by atoms with Gasteiger partial charge in [0.1, 0.15) is 28.9 Å². The highest BCUT2D eigenvalue weighted by atomic mass is 16.5. The lowest BCUT2D eigenvalue weighted by Gasteiger charge is -2.34. The molecule has 3 aromatic carbocycles. The molecular formula is C34H36N8O4. The quantitative estimate of drug-likeness (QED) is 0.153. The van der Waals surface area contributed by atoms with Crippen LogP contribution in [0.4, 0.5) is 23.0 Å². The highest BCUT2D eigenvalue weighted by Crippen LogP contribution is 2.32. The Morgan fingerprint density at radius 3 is 2.46 bits per heavy atom. The summed E-state index contributed by atoms with van der Waals surface area (Å²) in [5, 5.41) is 16.3. The molecule has 3 N–H and O–H groups in total. The van der Waals surface area contributed by atoms with Gasteiger partial charge in [0.2, 0.25) is 5.95 Å². The zero-order valence-electron chi connectivity index (χ0n) is 26.0. The molecule has 236 valence electrons.